The van der Waals surface area contributed by atoms with Crippen molar-refractivity contribution < 1.29 is 14.4 Å². The molecular weight excluding hydrogens is 324 g/mol. The molecule has 0 amide bonds. The van der Waals surface area contributed by atoms with Gasteiger partial charge in [0.25, 0.3) is 0 Å². The lowest BCUT2D eigenvalue weighted by atomic mass is 9.82. The third kappa shape index (κ3) is 5.00. The largest absolute Gasteiger partial charge is 0.294 e. The Morgan fingerprint density at radius 3 is 1.85 bits per heavy atom. The van der Waals surface area contributed by atoms with Gasteiger partial charge in [-0.05, 0) is 13.3 Å². The molecular formula is C23H30O3. The number of hydrogen-bond donors (Lipinski definition) is 0. The molecule has 0 radical (unpaired) electrons. The monoisotopic (exact) mass is 354 g/mol. The molecule has 2 rings (SSSR count). The molecule has 3 heteroatoms. The number of rotatable bonds is 11. The van der Waals surface area contributed by atoms with E-state index >= 15 is 0 Å². The van der Waals surface area contributed by atoms with Gasteiger partial charge in [0.2, 0.25) is 0 Å². The highest BCUT2D eigenvalue weighted by molar-refractivity contribution is 6.36. The zero-order chi connectivity index (χ0) is 18.9. The lowest BCUT2D eigenvalue weighted by Crippen LogP contribution is -2.25. The van der Waals surface area contributed by atoms with Crippen LogP contribution in [0.4, 0.5) is 0 Å². The van der Waals surface area contributed by atoms with Crippen LogP contribution in [-0.2, 0) is 4.79 Å². The van der Waals surface area contributed by atoms with Gasteiger partial charge in [-0.2, -0.15) is 0 Å². The third-order valence-corrected chi connectivity index (χ3v) is 5.15. The SMILES string of the molecule is CCCCCCCCCCCC(=O)C1=C(C)C(=O)c2ccccc2C1=O. The third-order valence-electron chi connectivity index (χ3n) is 5.15. The van der Waals surface area contributed by atoms with E-state index in [4.69, 9.17) is 0 Å². The van der Waals surface area contributed by atoms with Crippen molar-refractivity contribution in [1.29, 1.82) is 0 Å². The van der Waals surface area contributed by atoms with Crippen LogP contribution < -0.4 is 0 Å². The number of fused-ring (bicyclic) bond motifs is 1. The van der Waals surface area contributed by atoms with Crippen molar-refractivity contribution >= 4 is 17.3 Å². The van der Waals surface area contributed by atoms with Crippen molar-refractivity contribution in [2.45, 2.75) is 78.1 Å². The quantitative estimate of drug-likeness (QED) is 0.369. The summed E-state index contributed by atoms with van der Waals surface area (Å²) >= 11 is 0. The minimum Gasteiger partial charge on any atom is -0.294 e. The van der Waals surface area contributed by atoms with Gasteiger partial charge in [-0.1, -0.05) is 82.6 Å². The van der Waals surface area contributed by atoms with Crippen LogP contribution in [0.25, 0.3) is 0 Å². The number of ketones is 3. The van der Waals surface area contributed by atoms with E-state index in [1.807, 2.05) is 0 Å². The van der Waals surface area contributed by atoms with Gasteiger partial charge in [-0.25, -0.2) is 0 Å². The van der Waals surface area contributed by atoms with Crippen LogP contribution in [0.1, 0.15) is 98.8 Å². The van der Waals surface area contributed by atoms with E-state index in [0.29, 0.717) is 23.1 Å². The summed E-state index contributed by atoms with van der Waals surface area (Å²) in [7, 11) is 0. The fraction of sp³-hybridized carbons (Fsp3) is 0.522. The molecule has 0 unspecified atom stereocenters. The Labute approximate surface area is 156 Å². The Morgan fingerprint density at radius 2 is 1.27 bits per heavy atom. The highest BCUT2D eigenvalue weighted by Gasteiger charge is 2.32. The molecule has 0 bridgehead atoms. The van der Waals surface area contributed by atoms with Gasteiger partial charge >= 0.3 is 0 Å². The molecule has 1 aliphatic rings. The van der Waals surface area contributed by atoms with Gasteiger partial charge in [0.1, 0.15) is 0 Å². The van der Waals surface area contributed by atoms with Crippen molar-refractivity contribution in [3.8, 4) is 0 Å². The molecule has 1 aromatic carbocycles. The van der Waals surface area contributed by atoms with Crippen LogP contribution in [0, 0.1) is 0 Å². The lowest BCUT2D eigenvalue weighted by molar-refractivity contribution is -0.115. The summed E-state index contributed by atoms with van der Waals surface area (Å²) in [6, 6.07) is 6.76. The molecule has 0 aliphatic heterocycles. The maximum atomic E-state index is 12.6. The van der Waals surface area contributed by atoms with Crippen molar-refractivity contribution in [3.63, 3.8) is 0 Å². The average molecular weight is 354 g/mol. The first kappa shape index (κ1) is 20.3. The summed E-state index contributed by atoms with van der Waals surface area (Å²) in [6.07, 6.45) is 11.0. The van der Waals surface area contributed by atoms with Crippen molar-refractivity contribution in [2.24, 2.45) is 0 Å². The molecule has 0 fully saturated rings. The predicted octanol–water partition coefficient (Wildman–Crippen LogP) is 5.87. The Bertz CT molecular complexity index is 697. The second-order valence-corrected chi connectivity index (χ2v) is 7.21. The maximum absolute atomic E-state index is 12.6. The Balaban J connectivity index is 1.81. The van der Waals surface area contributed by atoms with Gasteiger partial charge in [0.15, 0.2) is 17.3 Å². The summed E-state index contributed by atoms with van der Waals surface area (Å²) in [5.74, 6) is -0.674. The number of carbonyl (C=O) groups is 3. The zero-order valence-electron chi connectivity index (χ0n) is 16.1. The highest BCUT2D eigenvalue weighted by atomic mass is 16.2. The van der Waals surface area contributed by atoms with Gasteiger partial charge in [-0.15, -0.1) is 0 Å². The zero-order valence-corrected chi connectivity index (χ0v) is 16.1. The van der Waals surface area contributed by atoms with E-state index in [1.165, 1.54) is 38.5 Å². The molecule has 0 saturated carbocycles. The van der Waals surface area contributed by atoms with E-state index < -0.39 is 0 Å². The molecule has 0 saturated heterocycles. The molecule has 0 aromatic heterocycles. The molecule has 3 nitrogen and oxygen atoms in total. The first-order chi connectivity index (χ1) is 12.6. The number of carbonyl (C=O) groups excluding carboxylic acids is 3. The number of hydrogen-bond acceptors (Lipinski definition) is 3. The second kappa shape index (κ2) is 10.2. The highest BCUT2D eigenvalue weighted by Crippen LogP contribution is 2.27. The van der Waals surface area contributed by atoms with Crippen LogP contribution in [0.2, 0.25) is 0 Å². The molecule has 1 aliphatic carbocycles. The smallest absolute Gasteiger partial charge is 0.197 e. The first-order valence-electron chi connectivity index (χ1n) is 10.0. The number of allylic oxidation sites excluding steroid dienone is 2. The Kier molecular flexibility index (Phi) is 7.96. The van der Waals surface area contributed by atoms with E-state index in [2.05, 4.69) is 6.92 Å². The molecule has 0 heterocycles. The summed E-state index contributed by atoms with van der Waals surface area (Å²) in [5.41, 5.74) is 1.18. The Hall–Kier alpha value is -2.03. The van der Waals surface area contributed by atoms with Crippen LogP contribution in [0.15, 0.2) is 35.4 Å². The van der Waals surface area contributed by atoms with Crippen LogP contribution in [-0.4, -0.2) is 17.3 Å². The number of unbranched alkanes of at least 4 members (excludes halogenated alkanes) is 8. The maximum Gasteiger partial charge on any atom is 0.197 e. The minimum absolute atomic E-state index is 0.105. The van der Waals surface area contributed by atoms with Crippen molar-refractivity contribution in [3.05, 3.63) is 46.5 Å². The normalized spacial score (nSPS) is 13.9. The molecule has 1 aromatic rings. The average Bonchev–Trinajstić information content (AvgIpc) is 2.65. The fourth-order valence-electron chi connectivity index (χ4n) is 3.56. The molecule has 140 valence electrons. The summed E-state index contributed by atoms with van der Waals surface area (Å²) < 4.78 is 0. The van der Waals surface area contributed by atoms with Gasteiger partial charge in [0, 0.05) is 23.1 Å². The van der Waals surface area contributed by atoms with E-state index in [-0.39, 0.29) is 22.9 Å². The predicted molar refractivity (Wildman–Crippen MR) is 105 cm³/mol. The standard InChI is InChI=1S/C23H30O3/c1-3-4-5-6-7-8-9-10-11-16-20(24)21-17(2)22(25)18-14-12-13-15-19(18)23(21)26/h12-15H,3-11,16H2,1-2H3. The molecule has 0 spiro atoms. The molecule has 0 atom stereocenters. The molecule has 0 N–H and O–H groups in total. The first-order valence-corrected chi connectivity index (χ1v) is 10.0. The van der Waals surface area contributed by atoms with Gasteiger partial charge in [0.05, 0.1) is 5.57 Å². The topological polar surface area (TPSA) is 51.2 Å². The van der Waals surface area contributed by atoms with E-state index in [9.17, 15) is 14.4 Å². The van der Waals surface area contributed by atoms with Crippen molar-refractivity contribution in [2.75, 3.05) is 0 Å². The fourth-order valence-corrected chi connectivity index (χ4v) is 3.56. The second-order valence-electron chi connectivity index (χ2n) is 7.21. The summed E-state index contributed by atoms with van der Waals surface area (Å²) in [6.45, 7) is 3.82. The van der Waals surface area contributed by atoms with Crippen LogP contribution >= 0.6 is 0 Å². The Morgan fingerprint density at radius 1 is 0.769 bits per heavy atom. The number of Topliss-reactive ketones (excluding diaryl/α,β-unsaturated/α-hetero) is 3. The van der Waals surface area contributed by atoms with Gasteiger partial charge < -0.3 is 0 Å². The number of benzene rings is 1. The lowest BCUT2D eigenvalue weighted by Gasteiger charge is -2.18. The van der Waals surface area contributed by atoms with Crippen molar-refractivity contribution in [1.82, 2.24) is 0 Å². The molecule has 26 heavy (non-hydrogen) atoms. The van der Waals surface area contributed by atoms with E-state index in [1.54, 1.807) is 31.2 Å². The summed E-state index contributed by atoms with van der Waals surface area (Å²) in [5, 5.41) is 0. The van der Waals surface area contributed by atoms with Crippen LogP contribution in [0.5, 0.6) is 0 Å². The minimum atomic E-state index is -0.293. The van der Waals surface area contributed by atoms with E-state index in [0.717, 1.165) is 19.3 Å². The van der Waals surface area contributed by atoms with Gasteiger partial charge in [-0.3, -0.25) is 14.4 Å². The summed E-state index contributed by atoms with van der Waals surface area (Å²) in [4.78, 5) is 37.6. The van der Waals surface area contributed by atoms with Crippen LogP contribution in [0.3, 0.4) is 0 Å².